The minimum Gasteiger partial charge on any atom is -0.494 e. The van der Waals surface area contributed by atoms with Gasteiger partial charge in [0.2, 0.25) is 0 Å². The molecule has 0 saturated carbocycles. The zero-order valence-corrected chi connectivity index (χ0v) is 19.3. The highest BCUT2D eigenvalue weighted by atomic mass is 35.5. The summed E-state index contributed by atoms with van der Waals surface area (Å²) in [7, 11) is 1.41. The number of hydrogen-bond acceptors (Lipinski definition) is 6. The number of benzene rings is 2. The molecule has 3 rings (SSSR count). The van der Waals surface area contributed by atoms with E-state index in [1.165, 1.54) is 31.4 Å². The van der Waals surface area contributed by atoms with Gasteiger partial charge in [-0.1, -0.05) is 34.8 Å². The summed E-state index contributed by atoms with van der Waals surface area (Å²) in [6.07, 6.45) is 0. The summed E-state index contributed by atoms with van der Waals surface area (Å²) in [5, 5.41) is 14.7. The molecular formula is C19H17Cl3N4O4S. The first-order valence-corrected chi connectivity index (χ1v) is 10.6. The molecule has 1 N–H and O–H groups in total. The Hall–Kier alpha value is -2.33. The average Bonchev–Trinajstić information content (AvgIpc) is 2.73. The van der Waals surface area contributed by atoms with Gasteiger partial charge in [0.1, 0.15) is 5.75 Å². The van der Waals surface area contributed by atoms with Gasteiger partial charge in [-0.25, -0.2) is 0 Å². The molecule has 1 saturated heterocycles. The fraction of sp³-hybridized carbons (Fsp3) is 0.263. The van der Waals surface area contributed by atoms with Crippen LogP contribution in [0.4, 0.5) is 11.4 Å². The van der Waals surface area contributed by atoms with E-state index in [4.69, 9.17) is 51.8 Å². The summed E-state index contributed by atoms with van der Waals surface area (Å²) < 4.78 is 5.21. The predicted molar refractivity (Wildman–Crippen MR) is 125 cm³/mol. The molecule has 0 spiro atoms. The SMILES string of the molecule is COc1c(Cl)cc(Cl)cc1C(=O)NC(=S)N1CCN(c2ccc([N+](=O)[O-])cc2Cl)CC1. The maximum atomic E-state index is 12.7. The molecule has 1 aliphatic rings. The van der Waals surface area contributed by atoms with Crippen LogP contribution in [0.5, 0.6) is 5.75 Å². The van der Waals surface area contributed by atoms with E-state index in [1.54, 1.807) is 6.07 Å². The first-order chi connectivity index (χ1) is 14.7. The molecule has 12 heteroatoms. The predicted octanol–water partition coefficient (Wildman–Crippen LogP) is 4.40. The molecule has 1 aliphatic heterocycles. The number of anilines is 1. The first kappa shape index (κ1) is 23.3. The second-order valence-electron chi connectivity index (χ2n) is 6.59. The summed E-state index contributed by atoms with van der Waals surface area (Å²) in [6.45, 7) is 2.19. The normalized spacial score (nSPS) is 13.7. The van der Waals surface area contributed by atoms with Crippen LogP contribution in [0.2, 0.25) is 15.1 Å². The number of piperazine rings is 1. The van der Waals surface area contributed by atoms with Crippen molar-refractivity contribution in [3.63, 3.8) is 0 Å². The molecular weight excluding hydrogens is 487 g/mol. The number of ether oxygens (including phenoxy) is 1. The number of rotatable bonds is 4. The van der Waals surface area contributed by atoms with Gasteiger partial charge in [0.25, 0.3) is 11.6 Å². The number of nitrogens with zero attached hydrogens (tertiary/aromatic N) is 3. The van der Waals surface area contributed by atoms with Crippen molar-refractivity contribution in [1.29, 1.82) is 0 Å². The summed E-state index contributed by atoms with van der Waals surface area (Å²) in [4.78, 5) is 26.9. The third-order valence-corrected chi connectivity index (χ3v) is 5.89. The Labute approximate surface area is 198 Å². The molecule has 1 amide bonds. The fourth-order valence-corrected chi connectivity index (χ4v) is 4.34. The van der Waals surface area contributed by atoms with Crippen LogP contribution >= 0.6 is 47.0 Å². The van der Waals surface area contributed by atoms with Gasteiger partial charge in [-0.2, -0.15) is 0 Å². The van der Waals surface area contributed by atoms with Crippen LogP contribution in [0.15, 0.2) is 30.3 Å². The Balaban J connectivity index is 1.63. The lowest BCUT2D eigenvalue weighted by Gasteiger charge is -2.37. The minimum atomic E-state index is -0.489. The second kappa shape index (κ2) is 9.86. The van der Waals surface area contributed by atoms with E-state index in [0.717, 1.165) is 0 Å². The van der Waals surface area contributed by atoms with E-state index in [2.05, 4.69) is 5.32 Å². The van der Waals surface area contributed by atoms with Crippen LogP contribution in [0.1, 0.15) is 10.4 Å². The zero-order valence-electron chi connectivity index (χ0n) is 16.2. The van der Waals surface area contributed by atoms with Gasteiger partial charge in [-0.05, 0) is 30.4 Å². The molecule has 31 heavy (non-hydrogen) atoms. The van der Waals surface area contributed by atoms with Crippen LogP contribution in [-0.2, 0) is 0 Å². The molecule has 0 unspecified atom stereocenters. The number of nitro groups is 1. The maximum absolute atomic E-state index is 12.7. The van der Waals surface area contributed by atoms with Crippen LogP contribution in [-0.4, -0.2) is 54.1 Å². The van der Waals surface area contributed by atoms with Gasteiger partial charge in [0.15, 0.2) is 5.11 Å². The van der Waals surface area contributed by atoms with Crippen LogP contribution in [0.3, 0.4) is 0 Å². The highest BCUT2D eigenvalue weighted by molar-refractivity contribution is 7.80. The first-order valence-electron chi connectivity index (χ1n) is 9.03. The number of non-ortho nitro benzene ring substituents is 1. The molecule has 1 fully saturated rings. The lowest BCUT2D eigenvalue weighted by Crippen LogP contribution is -2.52. The van der Waals surface area contributed by atoms with Crippen molar-refractivity contribution in [2.75, 3.05) is 38.2 Å². The van der Waals surface area contributed by atoms with E-state index in [0.29, 0.717) is 41.9 Å². The Kier molecular flexibility index (Phi) is 7.42. The van der Waals surface area contributed by atoms with E-state index in [9.17, 15) is 14.9 Å². The quantitative estimate of drug-likeness (QED) is 0.376. The third-order valence-electron chi connectivity index (χ3n) is 4.73. The van der Waals surface area contributed by atoms with E-state index in [1.807, 2.05) is 9.80 Å². The molecule has 1 heterocycles. The van der Waals surface area contributed by atoms with Gasteiger partial charge >= 0.3 is 0 Å². The van der Waals surface area contributed by atoms with Crippen LogP contribution in [0.25, 0.3) is 0 Å². The monoisotopic (exact) mass is 502 g/mol. The maximum Gasteiger partial charge on any atom is 0.271 e. The van der Waals surface area contributed by atoms with Crippen LogP contribution < -0.4 is 15.0 Å². The summed E-state index contributed by atoms with van der Waals surface area (Å²) >= 11 is 23.7. The zero-order chi connectivity index (χ0) is 22.7. The number of nitrogens with one attached hydrogen (secondary N) is 1. The molecule has 2 aromatic rings. The number of carbonyl (C=O) groups excluding carboxylic acids is 1. The standard InChI is InChI=1S/C19H17Cl3N4O4S/c1-30-17-13(8-11(20)9-15(17)22)18(27)23-19(31)25-6-4-24(5-7-25)16-3-2-12(26(28)29)10-14(16)21/h2-3,8-10H,4-7H2,1H3,(H,23,27,31). The fourth-order valence-electron chi connectivity index (χ4n) is 3.20. The highest BCUT2D eigenvalue weighted by Crippen LogP contribution is 2.32. The van der Waals surface area contributed by atoms with Gasteiger partial charge in [0.05, 0.1) is 33.3 Å². The largest absolute Gasteiger partial charge is 0.494 e. The Morgan fingerprint density at radius 2 is 1.81 bits per heavy atom. The van der Waals surface area contributed by atoms with Crippen molar-refractivity contribution in [1.82, 2.24) is 10.2 Å². The molecule has 0 radical (unpaired) electrons. The van der Waals surface area contributed by atoms with Crippen molar-refractivity contribution in [2.45, 2.75) is 0 Å². The Morgan fingerprint density at radius 3 is 2.39 bits per heavy atom. The topological polar surface area (TPSA) is 88.0 Å². The molecule has 8 nitrogen and oxygen atoms in total. The molecule has 0 atom stereocenters. The lowest BCUT2D eigenvalue weighted by atomic mass is 10.2. The number of thiocarbonyl (C=S) groups is 1. The van der Waals surface area contributed by atoms with Crippen molar-refractivity contribution >= 4 is 69.4 Å². The number of hydrogen-bond donors (Lipinski definition) is 1. The number of amides is 1. The van der Waals surface area contributed by atoms with Gasteiger partial charge in [-0.15, -0.1) is 0 Å². The minimum absolute atomic E-state index is 0.0622. The lowest BCUT2D eigenvalue weighted by molar-refractivity contribution is -0.384. The van der Waals surface area contributed by atoms with Crippen molar-refractivity contribution in [3.8, 4) is 5.75 Å². The number of nitro benzene ring substituents is 1. The Bertz CT molecular complexity index is 1050. The number of halogens is 3. The smallest absolute Gasteiger partial charge is 0.271 e. The number of methoxy groups -OCH3 is 1. The highest BCUT2D eigenvalue weighted by Gasteiger charge is 2.24. The summed E-state index contributed by atoms with van der Waals surface area (Å²) in [6, 6.07) is 7.32. The molecule has 0 bridgehead atoms. The van der Waals surface area contributed by atoms with Gasteiger partial charge < -0.3 is 14.5 Å². The van der Waals surface area contributed by atoms with Gasteiger partial charge in [-0.3, -0.25) is 20.2 Å². The molecule has 2 aromatic carbocycles. The summed E-state index contributed by atoms with van der Waals surface area (Å²) in [5.74, 6) is -0.268. The van der Waals surface area contributed by atoms with Crippen LogP contribution in [0, 0.1) is 10.1 Å². The van der Waals surface area contributed by atoms with E-state index < -0.39 is 10.8 Å². The Morgan fingerprint density at radius 1 is 1.13 bits per heavy atom. The summed E-state index contributed by atoms with van der Waals surface area (Å²) in [5.41, 5.74) is 0.826. The van der Waals surface area contributed by atoms with Crippen molar-refractivity contribution in [2.24, 2.45) is 0 Å². The average molecular weight is 504 g/mol. The van der Waals surface area contributed by atoms with E-state index >= 15 is 0 Å². The van der Waals surface area contributed by atoms with Gasteiger partial charge in [0, 0.05) is 43.3 Å². The van der Waals surface area contributed by atoms with E-state index in [-0.39, 0.29) is 27.1 Å². The third kappa shape index (κ3) is 5.30. The molecule has 0 aromatic heterocycles. The second-order valence-corrected chi connectivity index (χ2v) is 8.23. The number of carbonyl (C=O) groups is 1. The van der Waals surface area contributed by atoms with Crippen molar-refractivity contribution < 1.29 is 14.5 Å². The van der Waals surface area contributed by atoms with Crippen molar-refractivity contribution in [3.05, 3.63) is 61.1 Å². The molecule has 164 valence electrons. The molecule has 0 aliphatic carbocycles.